The standard InChI is InChI=1S/C14H15BrN4O3/c1-3-10-6-12(20)18-14(17-10)19-16-7-8-4-9(15)5-11(22-2)13(8)21/h4-7,21H,3H2,1-2H3,(H2,17,18,19,20)/b16-7-. The first-order valence-electron chi connectivity index (χ1n) is 6.49. The summed E-state index contributed by atoms with van der Waals surface area (Å²) in [5.74, 6) is 0.539. The summed E-state index contributed by atoms with van der Waals surface area (Å²) in [6.07, 6.45) is 2.05. The molecule has 0 aliphatic heterocycles. The number of H-pyrrole nitrogens is 1. The Balaban J connectivity index is 2.21. The summed E-state index contributed by atoms with van der Waals surface area (Å²) in [5, 5.41) is 14.0. The Kier molecular flexibility index (Phi) is 5.16. The first kappa shape index (κ1) is 16.0. The molecule has 7 nitrogen and oxygen atoms in total. The summed E-state index contributed by atoms with van der Waals surface area (Å²) >= 11 is 3.32. The monoisotopic (exact) mass is 366 g/mol. The Hall–Kier alpha value is -2.35. The first-order valence-corrected chi connectivity index (χ1v) is 7.28. The third-order valence-corrected chi connectivity index (χ3v) is 3.28. The molecule has 8 heteroatoms. The Morgan fingerprint density at radius 3 is 2.95 bits per heavy atom. The number of methoxy groups -OCH3 is 1. The van der Waals surface area contributed by atoms with Crippen molar-refractivity contribution >= 4 is 28.1 Å². The van der Waals surface area contributed by atoms with Crippen LogP contribution in [0.1, 0.15) is 18.2 Å². The molecular formula is C14H15BrN4O3. The van der Waals surface area contributed by atoms with Gasteiger partial charge in [0, 0.05) is 21.8 Å². The van der Waals surface area contributed by atoms with Crippen LogP contribution < -0.4 is 15.7 Å². The number of rotatable bonds is 5. The number of anilines is 1. The summed E-state index contributed by atoms with van der Waals surface area (Å²) in [4.78, 5) is 18.1. The number of aromatic nitrogens is 2. The lowest BCUT2D eigenvalue weighted by Crippen LogP contribution is -2.11. The van der Waals surface area contributed by atoms with Crippen LogP contribution in [0, 0.1) is 0 Å². The van der Waals surface area contributed by atoms with Crippen LogP contribution in [0.3, 0.4) is 0 Å². The fourth-order valence-corrected chi connectivity index (χ4v) is 2.21. The number of ether oxygens (including phenoxy) is 1. The molecule has 0 aliphatic carbocycles. The highest BCUT2D eigenvalue weighted by Crippen LogP contribution is 2.32. The van der Waals surface area contributed by atoms with Crippen LogP contribution >= 0.6 is 15.9 Å². The minimum Gasteiger partial charge on any atom is -0.504 e. The molecule has 0 amide bonds. The van der Waals surface area contributed by atoms with Gasteiger partial charge in [-0.15, -0.1) is 0 Å². The fraction of sp³-hybridized carbons (Fsp3) is 0.214. The van der Waals surface area contributed by atoms with Gasteiger partial charge in [-0.2, -0.15) is 5.10 Å². The van der Waals surface area contributed by atoms with E-state index in [2.05, 4.69) is 36.4 Å². The summed E-state index contributed by atoms with van der Waals surface area (Å²) in [7, 11) is 1.46. The first-order chi connectivity index (χ1) is 10.5. The van der Waals surface area contributed by atoms with Crippen molar-refractivity contribution in [3.05, 3.63) is 44.3 Å². The molecule has 0 unspecified atom stereocenters. The highest BCUT2D eigenvalue weighted by atomic mass is 79.9. The molecular weight excluding hydrogens is 352 g/mol. The molecule has 2 aromatic rings. The number of aromatic amines is 1. The molecule has 0 bridgehead atoms. The Bertz CT molecular complexity index is 758. The zero-order chi connectivity index (χ0) is 16.1. The highest BCUT2D eigenvalue weighted by Gasteiger charge is 2.08. The van der Waals surface area contributed by atoms with Crippen molar-refractivity contribution in [2.24, 2.45) is 5.10 Å². The van der Waals surface area contributed by atoms with E-state index < -0.39 is 0 Å². The van der Waals surface area contributed by atoms with Crippen LogP contribution in [0.5, 0.6) is 11.5 Å². The lowest BCUT2D eigenvalue weighted by atomic mass is 10.2. The lowest BCUT2D eigenvalue weighted by molar-refractivity contribution is 0.373. The van der Waals surface area contributed by atoms with Crippen LogP contribution in [0.15, 0.2) is 32.6 Å². The molecule has 22 heavy (non-hydrogen) atoms. The number of phenols is 1. The Labute approximate surface area is 135 Å². The molecule has 0 radical (unpaired) electrons. The third kappa shape index (κ3) is 3.85. The second-order valence-electron chi connectivity index (χ2n) is 4.35. The van der Waals surface area contributed by atoms with Gasteiger partial charge in [0.2, 0.25) is 5.95 Å². The molecule has 0 atom stereocenters. The Morgan fingerprint density at radius 1 is 1.50 bits per heavy atom. The van der Waals surface area contributed by atoms with Crippen LogP contribution in [0.2, 0.25) is 0 Å². The van der Waals surface area contributed by atoms with Crippen molar-refractivity contribution in [3.63, 3.8) is 0 Å². The average Bonchev–Trinajstić information content (AvgIpc) is 2.49. The van der Waals surface area contributed by atoms with E-state index in [-0.39, 0.29) is 17.3 Å². The highest BCUT2D eigenvalue weighted by molar-refractivity contribution is 9.10. The van der Waals surface area contributed by atoms with Crippen LogP contribution in [-0.2, 0) is 6.42 Å². The van der Waals surface area contributed by atoms with Gasteiger partial charge in [0.15, 0.2) is 11.5 Å². The van der Waals surface area contributed by atoms with E-state index in [0.29, 0.717) is 23.4 Å². The van der Waals surface area contributed by atoms with Crippen LogP contribution in [-0.4, -0.2) is 28.4 Å². The normalized spacial score (nSPS) is 10.9. The molecule has 1 aromatic carbocycles. The molecule has 1 aromatic heterocycles. The van der Waals surface area contributed by atoms with E-state index in [9.17, 15) is 9.90 Å². The number of halogens is 1. The van der Waals surface area contributed by atoms with E-state index in [1.54, 1.807) is 12.1 Å². The van der Waals surface area contributed by atoms with E-state index in [1.165, 1.54) is 19.4 Å². The number of aromatic hydroxyl groups is 1. The SMILES string of the molecule is CCc1cc(=O)[nH]c(N/N=C\c2cc(Br)cc(OC)c2O)n1. The van der Waals surface area contributed by atoms with Crippen LogP contribution in [0.4, 0.5) is 5.95 Å². The number of aryl methyl sites for hydroxylation is 1. The molecule has 3 N–H and O–H groups in total. The van der Waals surface area contributed by atoms with Crippen LogP contribution in [0.25, 0.3) is 0 Å². The van der Waals surface area contributed by atoms with Crippen molar-refractivity contribution in [3.8, 4) is 11.5 Å². The smallest absolute Gasteiger partial charge is 0.252 e. The summed E-state index contributed by atoms with van der Waals surface area (Å²) in [6, 6.07) is 4.76. The third-order valence-electron chi connectivity index (χ3n) is 2.82. The number of nitrogens with zero attached hydrogens (tertiary/aromatic N) is 2. The molecule has 0 spiro atoms. The molecule has 116 valence electrons. The number of phenolic OH excluding ortho intramolecular Hbond substituents is 1. The zero-order valence-corrected chi connectivity index (χ0v) is 13.6. The maximum absolute atomic E-state index is 11.4. The quantitative estimate of drug-likeness (QED) is 0.556. The molecule has 0 saturated heterocycles. The predicted octanol–water partition coefficient (Wildman–Crippen LogP) is 2.26. The van der Waals surface area contributed by atoms with Gasteiger partial charge in [0.1, 0.15) is 0 Å². The van der Waals surface area contributed by atoms with E-state index in [0.717, 1.165) is 4.47 Å². The topological polar surface area (TPSA) is 99.6 Å². The molecule has 0 fully saturated rings. The van der Waals surface area contributed by atoms with E-state index in [4.69, 9.17) is 4.74 Å². The number of benzene rings is 1. The van der Waals surface area contributed by atoms with Gasteiger partial charge in [-0.25, -0.2) is 10.4 Å². The minimum absolute atomic E-state index is 0.0278. The average molecular weight is 367 g/mol. The molecule has 0 aliphatic rings. The van der Waals surface area contributed by atoms with Gasteiger partial charge in [-0.3, -0.25) is 9.78 Å². The van der Waals surface area contributed by atoms with Crippen molar-refractivity contribution < 1.29 is 9.84 Å². The van der Waals surface area contributed by atoms with Crippen molar-refractivity contribution in [1.29, 1.82) is 0 Å². The van der Waals surface area contributed by atoms with E-state index >= 15 is 0 Å². The summed E-state index contributed by atoms with van der Waals surface area (Å²) in [5.41, 5.74) is 3.49. The summed E-state index contributed by atoms with van der Waals surface area (Å²) < 4.78 is 5.79. The van der Waals surface area contributed by atoms with Crippen molar-refractivity contribution in [2.75, 3.05) is 12.5 Å². The van der Waals surface area contributed by atoms with Gasteiger partial charge in [0.25, 0.3) is 5.56 Å². The lowest BCUT2D eigenvalue weighted by Gasteiger charge is -2.07. The number of hydrogen-bond donors (Lipinski definition) is 3. The minimum atomic E-state index is -0.253. The molecule has 2 rings (SSSR count). The maximum atomic E-state index is 11.4. The van der Waals surface area contributed by atoms with E-state index in [1.807, 2.05) is 6.92 Å². The number of hydrogen-bond acceptors (Lipinski definition) is 6. The fourth-order valence-electron chi connectivity index (χ4n) is 1.75. The second-order valence-corrected chi connectivity index (χ2v) is 5.27. The van der Waals surface area contributed by atoms with Gasteiger partial charge in [-0.05, 0) is 18.6 Å². The van der Waals surface area contributed by atoms with Gasteiger partial charge in [0.05, 0.1) is 13.3 Å². The Morgan fingerprint density at radius 2 is 2.27 bits per heavy atom. The number of nitrogens with one attached hydrogen (secondary N) is 2. The predicted molar refractivity (Wildman–Crippen MR) is 87.8 cm³/mol. The molecule has 1 heterocycles. The molecule has 0 saturated carbocycles. The van der Waals surface area contributed by atoms with Gasteiger partial charge in [-0.1, -0.05) is 22.9 Å². The second kappa shape index (κ2) is 7.08. The van der Waals surface area contributed by atoms with Gasteiger partial charge < -0.3 is 9.84 Å². The van der Waals surface area contributed by atoms with Crippen molar-refractivity contribution in [2.45, 2.75) is 13.3 Å². The largest absolute Gasteiger partial charge is 0.504 e. The summed E-state index contributed by atoms with van der Waals surface area (Å²) in [6.45, 7) is 1.90. The zero-order valence-electron chi connectivity index (χ0n) is 12.1. The number of hydrazone groups is 1. The van der Waals surface area contributed by atoms with Crippen molar-refractivity contribution in [1.82, 2.24) is 9.97 Å². The maximum Gasteiger partial charge on any atom is 0.252 e. The van der Waals surface area contributed by atoms with Gasteiger partial charge >= 0.3 is 0 Å².